The van der Waals surface area contributed by atoms with Gasteiger partial charge in [0, 0.05) is 19.6 Å². The summed E-state index contributed by atoms with van der Waals surface area (Å²) in [7, 11) is 0. The lowest BCUT2D eigenvalue weighted by Crippen LogP contribution is -2.29. The molecule has 0 unspecified atom stereocenters. The van der Waals surface area contributed by atoms with E-state index in [1.54, 1.807) is 0 Å². The van der Waals surface area contributed by atoms with Gasteiger partial charge in [-0.2, -0.15) is 0 Å². The van der Waals surface area contributed by atoms with Crippen molar-refractivity contribution >= 4 is 0 Å². The fraction of sp³-hybridized carbons (Fsp3) is 0.294. The summed E-state index contributed by atoms with van der Waals surface area (Å²) in [6, 6.07) is 17.7. The molecule has 0 fully saturated rings. The van der Waals surface area contributed by atoms with Gasteiger partial charge in [-0.15, -0.1) is 0 Å². The predicted molar refractivity (Wildman–Crippen MR) is 75.4 cm³/mol. The molecule has 2 aromatic carbocycles. The third kappa shape index (κ3) is 2.46. The van der Waals surface area contributed by atoms with Crippen molar-refractivity contribution in [1.82, 2.24) is 4.90 Å². The van der Waals surface area contributed by atoms with Crippen LogP contribution in [0, 0.1) is 6.92 Å². The van der Waals surface area contributed by atoms with E-state index in [1.807, 2.05) is 0 Å². The molecule has 2 aromatic rings. The molecule has 0 amide bonds. The van der Waals surface area contributed by atoms with Crippen molar-refractivity contribution in [2.24, 2.45) is 0 Å². The lowest BCUT2D eigenvalue weighted by Gasteiger charge is -2.28. The number of benzene rings is 2. The average Bonchev–Trinajstić information content (AvgIpc) is 2.41. The molecule has 1 aliphatic rings. The number of fused-ring (bicyclic) bond motifs is 1. The molecular weight excluding hydrogens is 218 g/mol. The molecule has 18 heavy (non-hydrogen) atoms. The minimum Gasteiger partial charge on any atom is -0.294 e. The van der Waals surface area contributed by atoms with E-state index in [9.17, 15) is 0 Å². The molecule has 0 N–H and O–H groups in total. The highest BCUT2D eigenvalue weighted by atomic mass is 15.1. The molecule has 1 nitrogen and oxygen atoms in total. The van der Waals surface area contributed by atoms with E-state index in [1.165, 1.54) is 35.2 Å². The Kier molecular flexibility index (Phi) is 3.16. The van der Waals surface area contributed by atoms with E-state index >= 15 is 0 Å². The maximum absolute atomic E-state index is 2.53. The maximum atomic E-state index is 2.53. The van der Waals surface area contributed by atoms with Crippen LogP contribution in [0.3, 0.4) is 0 Å². The molecule has 0 atom stereocenters. The van der Waals surface area contributed by atoms with Crippen molar-refractivity contribution < 1.29 is 0 Å². The van der Waals surface area contributed by atoms with Gasteiger partial charge >= 0.3 is 0 Å². The Morgan fingerprint density at radius 2 is 1.67 bits per heavy atom. The Labute approximate surface area is 109 Å². The first-order chi connectivity index (χ1) is 8.81. The molecule has 0 saturated heterocycles. The van der Waals surface area contributed by atoms with Gasteiger partial charge in [0.2, 0.25) is 0 Å². The Balaban J connectivity index is 1.71. The molecule has 0 aromatic heterocycles. The van der Waals surface area contributed by atoms with Crippen LogP contribution in [0.15, 0.2) is 48.5 Å². The molecule has 1 heteroatoms. The van der Waals surface area contributed by atoms with Gasteiger partial charge in [0.15, 0.2) is 0 Å². The van der Waals surface area contributed by atoms with Crippen molar-refractivity contribution in [2.75, 3.05) is 6.54 Å². The highest BCUT2D eigenvalue weighted by Crippen LogP contribution is 2.20. The largest absolute Gasteiger partial charge is 0.294 e. The average molecular weight is 237 g/mol. The zero-order valence-corrected chi connectivity index (χ0v) is 10.9. The number of hydrogen-bond donors (Lipinski definition) is 0. The summed E-state index contributed by atoms with van der Waals surface area (Å²) in [5.74, 6) is 0. The van der Waals surface area contributed by atoms with Gasteiger partial charge in [-0.1, -0.05) is 54.1 Å². The van der Waals surface area contributed by atoms with Crippen LogP contribution < -0.4 is 0 Å². The Bertz CT molecular complexity index is 528. The van der Waals surface area contributed by atoms with Crippen molar-refractivity contribution in [1.29, 1.82) is 0 Å². The lowest BCUT2D eigenvalue weighted by atomic mass is 9.99. The second-order valence-electron chi connectivity index (χ2n) is 5.21. The zero-order chi connectivity index (χ0) is 12.4. The summed E-state index contributed by atoms with van der Waals surface area (Å²) in [6.07, 6.45) is 1.18. The van der Waals surface area contributed by atoms with E-state index < -0.39 is 0 Å². The van der Waals surface area contributed by atoms with Gasteiger partial charge in [-0.05, 0) is 30.0 Å². The van der Waals surface area contributed by atoms with Crippen LogP contribution in [0.5, 0.6) is 0 Å². The molecular formula is C17H19N. The Hall–Kier alpha value is -1.60. The van der Waals surface area contributed by atoms with E-state index in [-0.39, 0.29) is 0 Å². The number of nitrogens with zero attached hydrogens (tertiary/aromatic N) is 1. The maximum Gasteiger partial charge on any atom is 0.0240 e. The number of rotatable bonds is 2. The second-order valence-corrected chi connectivity index (χ2v) is 5.21. The van der Waals surface area contributed by atoms with Gasteiger partial charge in [0.1, 0.15) is 0 Å². The third-order valence-corrected chi connectivity index (χ3v) is 3.74. The zero-order valence-electron chi connectivity index (χ0n) is 10.9. The molecule has 1 heterocycles. The van der Waals surface area contributed by atoms with E-state index in [0.717, 1.165) is 13.1 Å². The first kappa shape index (κ1) is 11.5. The molecule has 0 saturated carbocycles. The van der Waals surface area contributed by atoms with Crippen molar-refractivity contribution in [3.63, 3.8) is 0 Å². The summed E-state index contributed by atoms with van der Waals surface area (Å²) in [4.78, 5) is 2.53. The first-order valence-corrected chi connectivity index (χ1v) is 6.66. The SMILES string of the molecule is Cc1ccc(CN2CCc3ccccc3C2)cc1. The quantitative estimate of drug-likeness (QED) is 0.772. The fourth-order valence-corrected chi connectivity index (χ4v) is 2.64. The van der Waals surface area contributed by atoms with Gasteiger partial charge in [0.25, 0.3) is 0 Å². The Morgan fingerprint density at radius 1 is 0.944 bits per heavy atom. The monoisotopic (exact) mass is 237 g/mol. The van der Waals surface area contributed by atoms with E-state index in [4.69, 9.17) is 0 Å². The standard InChI is InChI=1S/C17H19N/c1-14-6-8-15(9-7-14)12-18-11-10-16-4-2-3-5-17(16)13-18/h2-9H,10-13H2,1H3. The van der Waals surface area contributed by atoms with Crippen LogP contribution in [-0.4, -0.2) is 11.4 Å². The lowest BCUT2D eigenvalue weighted by molar-refractivity contribution is 0.245. The van der Waals surface area contributed by atoms with Crippen LogP contribution in [0.4, 0.5) is 0 Å². The van der Waals surface area contributed by atoms with Gasteiger partial charge in [-0.25, -0.2) is 0 Å². The molecule has 3 rings (SSSR count). The minimum absolute atomic E-state index is 1.06. The van der Waals surface area contributed by atoms with Crippen molar-refractivity contribution in [3.05, 3.63) is 70.8 Å². The molecule has 0 bridgehead atoms. The van der Waals surface area contributed by atoms with Gasteiger partial charge in [-0.3, -0.25) is 4.90 Å². The molecule has 0 spiro atoms. The summed E-state index contributed by atoms with van der Waals surface area (Å²) in [5.41, 5.74) is 5.77. The van der Waals surface area contributed by atoms with Crippen LogP contribution in [0.2, 0.25) is 0 Å². The third-order valence-electron chi connectivity index (χ3n) is 3.74. The molecule has 0 aliphatic carbocycles. The van der Waals surface area contributed by atoms with E-state index in [0.29, 0.717) is 0 Å². The van der Waals surface area contributed by atoms with Crippen LogP contribution in [0.1, 0.15) is 22.3 Å². The van der Waals surface area contributed by atoms with Crippen LogP contribution in [0.25, 0.3) is 0 Å². The number of hydrogen-bond acceptors (Lipinski definition) is 1. The molecule has 1 aliphatic heterocycles. The molecule has 92 valence electrons. The van der Waals surface area contributed by atoms with Crippen LogP contribution >= 0.6 is 0 Å². The van der Waals surface area contributed by atoms with Gasteiger partial charge < -0.3 is 0 Å². The minimum atomic E-state index is 1.06. The fourth-order valence-electron chi connectivity index (χ4n) is 2.64. The summed E-state index contributed by atoms with van der Waals surface area (Å²) in [5, 5.41) is 0. The summed E-state index contributed by atoms with van der Waals surface area (Å²) in [6.45, 7) is 5.46. The van der Waals surface area contributed by atoms with Crippen molar-refractivity contribution in [3.8, 4) is 0 Å². The van der Waals surface area contributed by atoms with Gasteiger partial charge in [0.05, 0.1) is 0 Å². The summed E-state index contributed by atoms with van der Waals surface area (Å²) < 4.78 is 0. The first-order valence-electron chi connectivity index (χ1n) is 6.66. The number of aryl methyl sites for hydroxylation is 1. The smallest absolute Gasteiger partial charge is 0.0240 e. The highest BCUT2D eigenvalue weighted by molar-refractivity contribution is 5.29. The second kappa shape index (κ2) is 4.95. The Morgan fingerprint density at radius 3 is 2.44 bits per heavy atom. The predicted octanol–water partition coefficient (Wildman–Crippen LogP) is 3.55. The highest BCUT2D eigenvalue weighted by Gasteiger charge is 2.15. The topological polar surface area (TPSA) is 3.24 Å². The normalized spacial score (nSPS) is 15.4. The van der Waals surface area contributed by atoms with E-state index in [2.05, 4.69) is 60.4 Å². The van der Waals surface area contributed by atoms with Crippen molar-refractivity contribution in [2.45, 2.75) is 26.4 Å². The molecule has 0 radical (unpaired) electrons. The summed E-state index contributed by atoms with van der Waals surface area (Å²) >= 11 is 0. The van der Waals surface area contributed by atoms with Crippen LogP contribution in [-0.2, 0) is 19.5 Å².